The Morgan fingerprint density at radius 2 is 2.47 bits per heavy atom. The van der Waals surface area contributed by atoms with E-state index in [2.05, 4.69) is 31.5 Å². The number of carbonyl (C=O) groups is 1. The fourth-order valence-electron chi connectivity index (χ4n) is 1.03. The molecule has 0 saturated heterocycles. The third kappa shape index (κ3) is 4.18. The molecule has 1 rings (SSSR count). The van der Waals surface area contributed by atoms with Gasteiger partial charge in [0.25, 0.3) is 0 Å². The number of carbonyl (C=O) groups excluding carboxylic acids is 1. The molecule has 1 heterocycles. The summed E-state index contributed by atoms with van der Waals surface area (Å²) in [5, 5.41) is 10.5. The number of nitrogens with one attached hydrogen (secondary N) is 1. The second kappa shape index (κ2) is 6.39. The Hall–Kier alpha value is -1.37. The molecular formula is C10H15BrN4O2. The highest BCUT2D eigenvalue weighted by atomic mass is 79.9. The molecule has 1 amide bonds. The van der Waals surface area contributed by atoms with Crippen LogP contribution in [0.4, 0.5) is 4.79 Å². The Labute approximate surface area is 108 Å². The summed E-state index contributed by atoms with van der Waals surface area (Å²) in [5.41, 5.74) is 0.539. The third-order valence-electron chi connectivity index (χ3n) is 1.69. The van der Waals surface area contributed by atoms with Gasteiger partial charge in [-0.3, -0.25) is 0 Å². The van der Waals surface area contributed by atoms with Crippen LogP contribution < -0.4 is 5.32 Å². The molecule has 0 aliphatic rings. The first kappa shape index (κ1) is 13.7. The van der Waals surface area contributed by atoms with Gasteiger partial charge in [-0.25, -0.2) is 4.79 Å². The summed E-state index contributed by atoms with van der Waals surface area (Å²) in [6.45, 7) is 6.09. The number of hydrogen-bond acceptors (Lipinski definition) is 4. The lowest BCUT2D eigenvalue weighted by Crippen LogP contribution is -2.34. The van der Waals surface area contributed by atoms with Gasteiger partial charge in [0, 0.05) is 6.04 Å². The summed E-state index contributed by atoms with van der Waals surface area (Å²) < 4.78 is 1.90. The van der Waals surface area contributed by atoms with Gasteiger partial charge in [0.1, 0.15) is 12.3 Å². The molecular weight excluding hydrogens is 288 g/mol. The molecule has 0 spiro atoms. The zero-order valence-corrected chi connectivity index (χ0v) is 11.6. The van der Waals surface area contributed by atoms with Gasteiger partial charge in [-0.05, 0) is 36.7 Å². The first-order valence-corrected chi connectivity index (χ1v) is 6.05. The van der Waals surface area contributed by atoms with Crippen molar-refractivity contribution >= 4 is 28.2 Å². The molecule has 0 bridgehead atoms. The summed E-state index contributed by atoms with van der Waals surface area (Å²) in [6.07, 6.45) is 3.03. The largest absolute Gasteiger partial charge is 0.396 e. The van der Waals surface area contributed by atoms with Crippen molar-refractivity contribution in [2.24, 2.45) is 5.16 Å². The third-order valence-corrected chi connectivity index (χ3v) is 2.31. The summed E-state index contributed by atoms with van der Waals surface area (Å²) >= 11 is 3.29. The second-order valence-corrected chi connectivity index (χ2v) is 4.42. The monoisotopic (exact) mass is 302 g/mol. The van der Waals surface area contributed by atoms with E-state index in [-0.39, 0.29) is 12.1 Å². The summed E-state index contributed by atoms with van der Waals surface area (Å²) in [6, 6.07) is -0.220. The number of aromatic nitrogens is 2. The Balaban J connectivity index is 2.77. The van der Waals surface area contributed by atoms with Gasteiger partial charge >= 0.3 is 6.03 Å². The molecule has 0 aliphatic heterocycles. The molecule has 0 aromatic carbocycles. The van der Waals surface area contributed by atoms with Gasteiger partial charge in [0.15, 0.2) is 0 Å². The lowest BCUT2D eigenvalue weighted by atomic mass is 10.4. The number of rotatable bonds is 4. The predicted molar refractivity (Wildman–Crippen MR) is 68.2 cm³/mol. The molecule has 17 heavy (non-hydrogen) atoms. The molecule has 6 nitrogen and oxygen atoms in total. The average Bonchev–Trinajstić information content (AvgIpc) is 2.60. The van der Waals surface area contributed by atoms with Crippen molar-refractivity contribution in [1.82, 2.24) is 15.1 Å². The van der Waals surface area contributed by atoms with Crippen LogP contribution in [0.25, 0.3) is 0 Å². The lowest BCUT2D eigenvalue weighted by Gasteiger charge is -2.06. The smallest absolute Gasteiger partial charge is 0.342 e. The van der Waals surface area contributed by atoms with Crippen LogP contribution in [0.5, 0.6) is 0 Å². The van der Waals surface area contributed by atoms with Crippen LogP contribution in [0, 0.1) is 0 Å². The number of hydrogen-bond donors (Lipinski definition) is 1. The van der Waals surface area contributed by atoms with Crippen LogP contribution in [0.2, 0.25) is 0 Å². The molecule has 94 valence electrons. The molecule has 1 aromatic rings. The highest BCUT2D eigenvalue weighted by molar-refractivity contribution is 9.10. The molecule has 1 aromatic heterocycles. The zero-order valence-electron chi connectivity index (χ0n) is 9.98. The fraction of sp³-hybridized carbons (Fsp3) is 0.500. The summed E-state index contributed by atoms with van der Waals surface area (Å²) in [5.74, 6) is 0. The fourth-order valence-corrected chi connectivity index (χ4v) is 1.41. The minimum atomic E-state index is -0.281. The highest BCUT2D eigenvalue weighted by Crippen LogP contribution is 2.12. The van der Waals surface area contributed by atoms with E-state index in [4.69, 9.17) is 4.84 Å². The Bertz CT molecular complexity index is 414. The van der Waals surface area contributed by atoms with Crippen LogP contribution in [0.1, 0.15) is 26.5 Å². The summed E-state index contributed by atoms with van der Waals surface area (Å²) in [7, 11) is 0. The molecule has 0 atom stereocenters. The minimum absolute atomic E-state index is 0.0611. The van der Waals surface area contributed by atoms with Gasteiger partial charge in [-0.2, -0.15) is 9.78 Å². The minimum Gasteiger partial charge on any atom is -0.396 e. The first-order valence-electron chi connectivity index (χ1n) is 5.26. The van der Waals surface area contributed by atoms with E-state index in [1.807, 2.05) is 20.8 Å². The maximum atomic E-state index is 11.6. The molecule has 0 aliphatic carbocycles. The van der Waals surface area contributed by atoms with Crippen molar-refractivity contribution in [3.63, 3.8) is 0 Å². The van der Waals surface area contributed by atoms with Gasteiger partial charge < -0.3 is 10.2 Å². The van der Waals surface area contributed by atoms with Crippen molar-refractivity contribution in [1.29, 1.82) is 0 Å². The van der Waals surface area contributed by atoms with Crippen molar-refractivity contribution < 1.29 is 9.63 Å². The molecule has 0 unspecified atom stereocenters. The molecule has 0 fully saturated rings. The molecule has 1 N–H and O–H groups in total. The average molecular weight is 303 g/mol. The van der Waals surface area contributed by atoms with Gasteiger partial charge in [-0.1, -0.05) is 5.16 Å². The Morgan fingerprint density at radius 1 is 1.76 bits per heavy atom. The van der Waals surface area contributed by atoms with Crippen LogP contribution in [-0.2, 0) is 4.84 Å². The summed E-state index contributed by atoms with van der Waals surface area (Å²) in [4.78, 5) is 16.5. The lowest BCUT2D eigenvalue weighted by molar-refractivity contribution is 0.160. The van der Waals surface area contributed by atoms with Gasteiger partial charge in [0.05, 0.1) is 16.9 Å². The second-order valence-electron chi connectivity index (χ2n) is 3.56. The topological polar surface area (TPSA) is 68.5 Å². The van der Waals surface area contributed by atoms with Gasteiger partial charge in [0.2, 0.25) is 0 Å². The van der Waals surface area contributed by atoms with E-state index in [0.29, 0.717) is 16.8 Å². The van der Waals surface area contributed by atoms with Crippen molar-refractivity contribution in [2.45, 2.75) is 26.8 Å². The highest BCUT2D eigenvalue weighted by Gasteiger charge is 2.11. The normalized spacial score (nSPS) is 11.1. The van der Waals surface area contributed by atoms with E-state index in [9.17, 15) is 4.79 Å². The van der Waals surface area contributed by atoms with E-state index < -0.39 is 0 Å². The van der Waals surface area contributed by atoms with Crippen molar-refractivity contribution in [3.05, 3.63) is 16.4 Å². The number of amides is 1. The SMILES string of the molecule is CCO/N=C\c1nn(C(=O)NC(C)C)cc1Br. The van der Waals surface area contributed by atoms with Crippen molar-refractivity contribution in [3.8, 4) is 0 Å². The Morgan fingerprint density at radius 3 is 3.06 bits per heavy atom. The molecule has 0 radical (unpaired) electrons. The van der Waals surface area contributed by atoms with E-state index in [1.165, 1.54) is 10.9 Å². The number of halogens is 1. The van der Waals surface area contributed by atoms with Crippen LogP contribution in [0.15, 0.2) is 15.8 Å². The maximum Gasteiger partial charge on any atom is 0.342 e. The number of nitrogens with zero attached hydrogens (tertiary/aromatic N) is 3. The predicted octanol–water partition coefficient (Wildman–Crippen LogP) is 1.98. The van der Waals surface area contributed by atoms with Crippen LogP contribution in [0.3, 0.4) is 0 Å². The van der Waals surface area contributed by atoms with E-state index in [0.717, 1.165) is 0 Å². The van der Waals surface area contributed by atoms with E-state index in [1.54, 1.807) is 6.20 Å². The number of oxime groups is 1. The maximum absolute atomic E-state index is 11.6. The van der Waals surface area contributed by atoms with Crippen molar-refractivity contribution in [2.75, 3.05) is 6.61 Å². The quantitative estimate of drug-likeness (QED) is 0.683. The van der Waals surface area contributed by atoms with Gasteiger partial charge in [-0.15, -0.1) is 0 Å². The standard InChI is InChI=1S/C10H15BrN4O2/c1-4-17-12-5-9-8(11)6-15(14-9)10(16)13-7(2)3/h5-7H,4H2,1-3H3,(H,13,16)/b12-5-. The van der Waals surface area contributed by atoms with E-state index >= 15 is 0 Å². The molecule has 7 heteroatoms. The Kier molecular flexibility index (Phi) is 5.14. The zero-order chi connectivity index (χ0) is 12.8. The van der Waals surface area contributed by atoms with Crippen LogP contribution >= 0.6 is 15.9 Å². The molecule has 0 saturated carbocycles. The first-order chi connectivity index (χ1) is 8.04. The van der Waals surface area contributed by atoms with Crippen LogP contribution in [-0.4, -0.2) is 34.7 Å².